The smallest absolute Gasteiger partial charge is 0.193 e. The SMILES string of the molecule is CCn1cc2c(n1)CCC(=CN(C)CC1CCC(=CN(C)C)C(=O)c3cn(C)nc31)C2=O. The van der Waals surface area contributed by atoms with Gasteiger partial charge in [-0.05, 0) is 32.6 Å². The van der Waals surface area contributed by atoms with Crippen LogP contribution in [0.3, 0.4) is 0 Å². The van der Waals surface area contributed by atoms with Crippen LogP contribution in [0.15, 0.2) is 35.9 Å². The predicted octanol–water partition coefficient (Wildman–Crippen LogP) is 2.79. The van der Waals surface area contributed by atoms with Crippen molar-refractivity contribution in [3.63, 3.8) is 0 Å². The molecule has 0 saturated carbocycles. The topological polar surface area (TPSA) is 76.3 Å². The number of hydrogen-bond donors (Lipinski definition) is 0. The summed E-state index contributed by atoms with van der Waals surface area (Å²) in [4.78, 5) is 30.1. The molecular formula is C24H32N6O2. The molecule has 8 nitrogen and oxygen atoms in total. The van der Waals surface area contributed by atoms with Gasteiger partial charge in [-0.15, -0.1) is 0 Å². The fraction of sp³-hybridized carbons (Fsp3) is 0.500. The molecule has 2 aliphatic rings. The number of carbonyl (C=O) groups is 2. The molecule has 0 aliphatic heterocycles. The van der Waals surface area contributed by atoms with E-state index in [9.17, 15) is 9.59 Å². The van der Waals surface area contributed by atoms with Gasteiger partial charge in [-0.2, -0.15) is 10.2 Å². The van der Waals surface area contributed by atoms with Gasteiger partial charge in [-0.3, -0.25) is 19.0 Å². The van der Waals surface area contributed by atoms with Crippen molar-refractivity contribution in [2.75, 3.05) is 27.7 Å². The molecule has 0 N–H and O–H groups in total. The van der Waals surface area contributed by atoms with Crippen molar-refractivity contribution in [2.24, 2.45) is 7.05 Å². The summed E-state index contributed by atoms with van der Waals surface area (Å²) < 4.78 is 3.56. The number of allylic oxidation sites excluding steroid dienone is 2. The van der Waals surface area contributed by atoms with Gasteiger partial charge >= 0.3 is 0 Å². The lowest BCUT2D eigenvalue weighted by Gasteiger charge is -2.23. The minimum absolute atomic E-state index is 0.0632. The molecule has 2 aromatic rings. The van der Waals surface area contributed by atoms with Crippen LogP contribution in [0.4, 0.5) is 0 Å². The lowest BCUT2D eigenvalue weighted by Crippen LogP contribution is -2.23. The summed E-state index contributed by atoms with van der Waals surface area (Å²) in [6, 6.07) is 0. The van der Waals surface area contributed by atoms with E-state index in [1.165, 1.54) is 0 Å². The largest absolute Gasteiger partial charge is 0.383 e. The predicted molar refractivity (Wildman–Crippen MR) is 123 cm³/mol. The molecule has 2 aromatic heterocycles. The molecular weight excluding hydrogens is 404 g/mol. The van der Waals surface area contributed by atoms with Gasteiger partial charge in [-0.25, -0.2) is 0 Å². The maximum atomic E-state index is 13.1. The van der Waals surface area contributed by atoms with Crippen LogP contribution in [0.1, 0.15) is 64.2 Å². The first kappa shape index (κ1) is 22.0. The van der Waals surface area contributed by atoms with Crippen LogP contribution in [0.25, 0.3) is 0 Å². The molecule has 2 aliphatic carbocycles. The lowest BCUT2D eigenvalue weighted by atomic mass is 9.92. The van der Waals surface area contributed by atoms with Crippen molar-refractivity contribution in [3.05, 3.63) is 58.5 Å². The molecule has 0 fully saturated rings. The monoisotopic (exact) mass is 436 g/mol. The molecule has 0 bridgehead atoms. The average Bonchev–Trinajstić information content (AvgIpc) is 3.32. The van der Waals surface area contributed by atoms with Crippen LogP contribution in [0.5, 0.6) is 0 Å². The minimum atomic E-state index is 0.0632. The normalized spacial score (nSPS) is 21.0. The molecule has 1 unspecified atom stereocenters. The van der Waals surface area contributed by atoms with Gasteiger partial charge in [0.25, 0.3) is 0 Å². The molecule has 170 valence electrons. The molecule has 2 heterocycles. The number of carbonyl (C=O) groups excluding carboxylic acids is 2. The Morgan fingerprint density at radius 1 is 1.00 bits per heavy atom. The second kappa shape index (κ2) is 8.76. The number of ketones is 2. The summed E-state index contributed by atoms with van der Waals surface area (Å²) in [5.74, 6) is 0.249. The second-order valence-corrected chi connectivity index (χ2v) is 9.05. The highest BCUT2D eigenvalue weighted by Gasteiger charge is 2.31. The second-order valence-electron chi connectivity index (χ2n) is 9.05. The van der Waals surface area contributed by atoms with Crippen molar-refractivity contribution in [3.8, 4) is 0 Å². The van der Waals surface area contributed by atoms with Crippen molar-refractivity contribution in [2.45, 2.75) is 45.1 Å². The van der Waals surface area contributed by atoms with Gasteiger partial charge in [0.2, 0.25) is 0 Å². The van der Waals surface area contributed by atoms with Gasteiger partial charge in [0.05, 0.1) is 22.5 Å². The van der Waals surface area contributed by atoms with Gasteiger partial charge in [0.15, 0.2) is 11.6 Å². The van der Waals surface area contributed by atoms with Gasteiger partial charge < -0.3 is 9.80 Å². The molecule has 0 amide bonds. The summed E-state index contributed by atoms with van der Waals surface area (Å²) in [6.45, 7) is 3.48. The number of fused-ring (bicyclic) bond motifs is 2. The van der Waals surface area contributed by atoms with E-state index in [-0.39, 0.29) is 17.5 Å². The summed E-state index contributed by atoms with van der Waals surface area (Å²) in [7, 11) is 7.72. The highest BCUT2D eigenvalue weighted by molar-refractivity contribution is 6.10. The molecule has 1 atom stereocenters. The third kappa shape index (κ3) is 4.26. The fourth-order valence-electron chi connectivity index (χ4n) is 4.67. The first-order valence-corrected chi connectivity index (χ1v) is 11.2. The number of aryl methyl sites for hydroxylation is 3. The van der Waals surface area contributed by atoms with Crippen molar-refractivity contribution >= 4 is 11.6 Å². The highest BCUT2D eigenvalue weighted by atomic mass is 16.1. The zero-order valence-corrected chi connectivity index (χ0v) is 19.6. The first-order valence-electron chi connectivity index (χ1n) is 11.2. The number of Topliss-reactive ketones (excluding diaryl/α,β-unsaturated/α-hetero) is 2. The molecule has 0 spiro atoms. The van der Waals surface area contributed by atoms with Gasteiger partial charge in [0, 0.05) is 83.1 Å². The summed E-state index contributed by atoms with van der Waals surface area (Å²) in [5, 5.41) is 9.15. The van der Waals surface area contributed by atoms with E-state index in [0.717, 1.165) is 47.5 Å². The van der Waals surface area contributed by atoms with Crippen LogP contribution in [-0.4, -0.2) is 68.6 Å². The number of hydrogen-bond acceptors (Lipinski definition) is 6. The van der Waals surface area contributed by atoms with Gasteiger partial charge in [0.1, 0.15) is 0 Å². The lowest BCUT2D eigenvalue weighted by molar-refractivity contribution is 0.101. The van der Waals surface area contributed by atoms with E-state index >= 15 is 0 Å². The zero-order valence-electron chi connectivity index (χ0n) is 19.6. The Morgan fingerprint density at radius 3 is 2.44 bits per heavy atom. The number of nitrogens with zero attached hydrogens (tertiary/aromatic N) is 6. The summed E-state index contributed by atoms with van der Waals surface area (Å²) in [6.07, 6.45) is 10.6. The molecule has 0 aromatic carbocycles. The standard InChI is InChI=1S/C24H32N6O2/c1-6-30-15-19-21(25-30)10-9-18(23(19)31)13-28(4)12-16-7-8-17(11-27(2)3)24(32)20-14-29(5)26-22(16)20/h11,13-16H,6-10,12H2,1-5H3. The first-order chi connectivity index (χ1) is 15.3. The molecule has 4 rings (SSSR count). The average molecular weight is 437 g/mol. The third-order valence-electron chi connectivity index (χ3n) is 6.17. The number of likely N-dealkylation sites (N-methyl/N-ethyl adjacent to an activating group) is 1. The quantitative estimate of drug-likeness (QED) is 0.530. The Labute approximate surface area is 189 Å². The maximum absolute atomic E-state index is 13.1. The Kier molecular flexibility index (Phi) is 6.04. The Bertz CT molecular complexity index is 1100. The van der Waals surface area contributed by atoms with Gasteiger partial charge in [-0.1, -0.05) is 0 Å². The van der Waals surface area contributed by atoms with Crippen LogP contribution in [0, 0.1) is 0 Å². The van der Waals surface area contributed by atoms with Crippen molar-refractivity contribution in [1.82, 2.24) is 29.4 Å². The Morgan fingerprint density at radius 2 is 1.72 bits per heavy atom. The summed E-state index contributed by atoms with van der Waals surface area (Å²) >= 11 is 0. The van der Waals surface area contributed by atoms with Crippen LogP contribution < -0.4 is 0 Å². The minimum Gasteiger partial charge on any atom is -0.383 e. The Balaban J connectivity index is 1.55. The summed E-state index contributed by atoms with van der Waals surface area (Å²) in [5.41, 5.74) is 4.80. The van der Waals surface area contributed by atoms with Crippen LogP contribution in [-0.2, 0) is 20.0 Å². The van der Waals surface area contributed by atoms with Crippen LogP contribution >= 0.6 is 0 Å². The van der Waals surface area contributed by atoms with Crippen molar-refractivity contribution < 1.29 is 9.59 Å². The van der Waals surface area contributed by atoms with E-state index in [4.69, 9.17) is 0 Å². The van der Waals surface area contributed by atoms with Crippen molar-refractivity contribution in [1.29, 1.82) is 0 Å². The zero-order chi connectivity index (χ0) is 23.0. The Hall–Kier alpha value is -3.16. The third-order valence-corrected chi connectivity index (χ3v) is 6.17. The van der Waals surface area contributed by atoms with E-state index in [1.54, 1.807) is 4.68 Å². The van der Waals surface area contributed by atoms with E-state index < -0.39 is 0 Å². The van der Waals surface area contributed by atoms with E-state index in [0.29, 0.717) is 24.9 Å². The molecule has 0 saturated heterocycles. The van der Waals surface area contributed by atoms with E-state index in [1.807, 2.05) is 69.5 Å². The molecule has 8 heteroatoms. The van der Waals surface area contributed by atoms with E-state index in [2.05, 4.69) is 15.1 Å². The number of rotatable bonds is 5. The maximum Gasteiger partial charge on any atom is 0.193 e. The van der Waals surface area contributed by atoms with Crippen LogP contribution in [0.2, 0.25) is 0 Å². The number of aromatic nitrogens is 4. The molecule has 0 radical (unpaired) electrons. The fourth-order valence-corrected chi connectivity index (χ4v) is 4.67. The highest BCUT2D eigenvalue weighted by Crippen LogP contribution is 2.33. The molecule has 32 heavy (non-hydrogen) atoms.